The molecule has 0 radical (unpaired) electrons. The lowest BCUT2D eigenvalue weighted by Gasteiger charge is -2.36. The summed E-state index contributed by atoms with van der Waals surface area (Å²) in [6.07, 6.45) is 0.659. The number of anilines is 2. The van der Waals surface area contributed by atoms with E-state index in [0.717, 1.165) is 54.3 Å². The van der Waals surface area contributed by atoms with Gasteiger partial charge in [0.05, 0.1) is 5.52 Å². The second kappa shape index (κ2) is 10.3. The third-order valence-corrected chi connectivity index (χ3v) is 7.08. The van der Waals surface area contributed by atoms with Gasteiger partial charge < -0.3 is 15.5 Å². The lowest BCUT2D eigenvalue weighted by molar-refractivity contribution is -0.121. The van der Waals surface area contributed by atoms with E-state index in [0.29, 0.717) is 18.8 Å². The Labute approximate surface area is 213 Å². The molecule has 1 aromatic heterocycles. The molecule has 0 saturated carbocycles. The van der Waals surface area contributed by atoms with Crippen molar-refractivity contribution in [2.24, 2.45) is 0 Å². The SMILES string of the molecule is O=C(CC[C@H]1Nc2c3ccccc3nc(=S)n2C1=O)NCCN1CCN(c2cccc(Cl)c2)CC1. The van der Waals surface area contributed by atoms with E-state index in [4.69, 9.17) is 23.8 Å². The summed E-state index contributed by atoms with van der Waals surface area (Å²) in [5.74, 6) is 0.446. The van der Waals surface area contributed by atoms with Crippen molar-refractivity contribution in [2.45, 2.75) is 18.9 Å². The maximum atomic E-state index is 12.9. The van der Waals surface area contributed by atoms with E-state index in [9.17, 15) is 9.59 Å². The van der Waals surface area contributed by atoms with Gasteiger partial charge in [-0.15, -0.1) is 0 Å². The number of benzene rings is 2. The van der Waals surface area contributed by atoms with Crippen molar-refractivity contribution in [3.8, 4) is 0 Å². The average Bonchev–Trinajstić information content (AvgIpc) is 3.20. The summed E-state index contributed by atoms with van der Waals surface area (Å²) < 4.78 is 1.68. The molecule has 1 saturated heterocycles. The van der Waals surface area contributed by atoms with Crippen molar-refractivity contribution in [2.75, 3.05) is 49.5 Å². The van der Waals surface area contributed by atoms with Crippen LogP contribution in [0.25, 0.3) is 10.9 Å². The summed E-state index contributed by atoms with van der Waals surface area (Å²) in [4.78, 5) is 34.4. The van der Waals surface area contributed by atoms with Crippen molar-refractivity contribution in [3.63, 3.8) is 0 Å². The number of nitrogens with zero attached hydrogens (tertiary/aromatic N) is 4. The molecular weight excluding hydrogens is 484 g/mol. The zero-order valence-corrected chi connectivity index (χ0v) is 20.8. The first-order valence-corrected chi connectivity index (χ1v) is 12.6. The highest BCUT2D eigenvalue weighted by molar-refractivity contribution is 7.71. The Morgan fingerprint density at radius 3 is 2.74 bits per heavy atom. The van der Waals surface area contributed by atoms with E-state index in [2.05, 4.69) is 31.5 Å². The molecule has 5 rings (SSSR count). The second-order valence-electron chi connectivity index (χ2n) is 8.83. The molecule has 2 aromatic carbocycles. The molecule has 10 heteroatoms. The summed E-state index contributed by atoms with van der Waals surface area (Å²) in [5, 5.41) is 7.84. The highest BCUT2D eigenvalue weighted by atomic mass is 35.5. The van der Waals surface area contributed by atoms with Crippen molar-refractivity contribution in [1.82, 2.24) is 19.8 Å². The number of fused-ring (bicyclic) bond motifs is 3. The zero-order valence-electron chi connectivity index (χ0n) is 19.2. The van der Waals surface area contributed by atoms with Crippen LogP contribution in [0.4, 0.5) is 11.5 Å². The third-order valence-electron chi connectivity index (χ3n) is 6.58. The second-order valence-corrected chi connectivity index (χ2v) is 9.63. The van der Waals surface area contributed by atoms with Crippen LogP contribution in [-0.2, 0) is 4.79 Å². The van der Waals surface area contributed by atoms with Gasteiger partial charge in [-0.3, -0.25) is 14.5 Å². The molecule has 2 aliphatic rings. The number of hydrogen-bond donors (Lipinski definition) is 2. The van der Waals surface area contributed by atoms with Gasteiger partial charge in [0.2, 0.25) is 10.7 Å². The minimum absolute atomic E-state index is 0.0558. The first-order chi connectivity index (χ1) is 17.0. The average molecular weight is 511 g/mol. The molecule has 35 heavy (non-hydrogen) atoms. The number of amides is 1. The Balaban J connectivity index is 1.06. The van der Waals surface area contributed by atoms with E-state index < -0.39 is 6.04 Å². The highest BCUT2D eigenvalue weighted by Gasteiger charge is 2.32. The first kappa shape index (κ1) is 23.7. The summed E-state index contributed by atoms with van der Waals surface area (Å²) in [6.45, 7) is 5.11. The van der Waals surface area contributed by atoms with Crippen LogP contribution in [0.1, 0.15) is 17.6 Å². The molecule has 182 valence electrons. The van der Waals surface area contributed by atoms with Crippen LogP contribution in [-0.4, -0.2) is 71.6 Å². The van der Waals surface area contributed by atoms with Gasteiger partial charge in [-0.05, 0) is 49.0 Å². The Morgan fingerprint density at radius 1 is 1.14 bits per heavy atom. The Hall–Kier alpha value is -3.01. The number of carbonyl (C=O) groups is 2. The zero-order chi connectivity index (χ0) is 24.4. The van der Waals surface area contributed by atoms with Gasteiger partial charge in [0.1, 0.15) is 11.9 Å². The molecule has 0 aliphatic carbocycles. The van der Waals surface area contributed by atoms with Crippen LogP contribution in [0.5, 0.6) is 0 Å². The Bertz CT molecular complexity index is 1320. The Kier molecular flexibility index (Phi) is 6.99. The molecule has 0 bridgehead atoms. The first-order valence-electron chi connectivity index (χ1n) is 11.8. The molecule has 0 unspecified atom stereocenters. The number of carbonyl (C=O) groups excluding carboxylic acids is 2. The third kappa shape index (κ3) is 5.17. The van der Waals surface area contributed by atoms with Crippen LogP contribution < -0.4 is 15.5 Å². The Morgan fingerprint density at radius 2 is 1.94 bits per heavy atom. The fraction of sp³-hybridized carbons (Fsp3) is 0.360. The monoisotopic (exact) mass is 510 g/mol. The standard InChI is InChI=1S/C25H27ClN6O2S/c26-17-4-3-5-18(16-17)31-14-12-30(13-15-31)11-10-27-22(33)9-8-21-24(34)32-23(28-21)19-6-1-2-7-20(19)29-25(32)35/h1-7,16,21,28H,8-15H2,(H,27,33)/t21-/m1/s1. The van der Waals surface area contributed by atoms with E-state index in [-0.39, 0.29) is 23.0 Å². The summed E-state index contributed by atoms with van der Waals surface area (Å²) in [6, 6.07) is 15.0. The van der Waals surface area contributed by atoms with Crippen molar-refractivity contribution in [3.05, 3.63) is 58.3 Å². The van der Waals surface area contributed by atoms with Crippen LogP contribution in [0.3, 0.4) is 0 Å². The molecule has 1 atom stereocenters. The predicted molar refractivity (Wildman–Crippen MR) is 141 cm³/mol. The van der Waals surface area contributed by atoms with E-state index >= 15 is 0 Å². The van der Waals surface area contributed by atoms with E-state index in [1.54, 1.807) is 0 Å². The van der Waals surface area contributed by atoms with Crippen molar-refractivity contribution >= 4 is 58.0 Å². The summed E-state index contributed by atoms with van der Waals surface area (Å²) >= 11 is 11.4. The maximum Gasteiger partial charge on any atom is 0.257 e. The highest BCUT2D eigenvalue weighted by Crippen LogP contribution is 2.29. The van der Waals surface area contributed by atoms with Gasteiger partial charge in [-0.25, -0.2) is 9.55 Å². The van der Waals surface area contributed by atoms with Gasteiger partial charge in [0.25, 0.3) is 5.91 Å². The number of nitrogens with one attached hydrogen (secondary N) is 2. The molecule has 1 amide bonds. The maximum absolute atomic E-state index is 12.9. The minimum Gasteiger partial charge on any atom is -0.369 e. The minimum atomic E-state index is -0.491. The van der Waals surface area contributed by atoms with Gasteiger partial charge in [-0.1, -0.05) is 29.8 Å². The fourth-order valence-electron chi connectivity index (χ4n) is 4.69. The number of halogens is 1. The molecule has 3 aromatic rings. The number of aromatic nitrogens is 2. The molecule has 8 nitrogen and oxygen atoms in total. The van der Waals surface area contributed by atoms with Crippen LogP contribution in [0.2, 0.25) is 5.02 Å². The molecule has 2 N–H and O–H groups in total. The molecule has 3 heterocycles. The van der Waals surface area contributed by atoms with Crippen LogP contribution in [0.15, 0.2) is 48.5 Å². The van der Waals surface area contributed by atoms with Crippen molar-refractivity contribution < 1.29 is 9.59 Å². The quantitative estimate of drug-likeness (QED) is 0.470. The fourth-order valence-corrected chi connectivity index (χ4v) is 5.15. The van der Waals surface area contributed by atoms with Crippen LogP contribution in [0, 0.1) is 4.77 Å². The molecule has 0 spiro atoms. The lowest BCUT2D eigenvalue weighted by atomic mass is 10.1. The van der Waals surface area contributed by atoms with Crippen LogP contribution >= 0.6 is 23.8 Å². The van der Waals surface area contributed by atoms with Gasteiger partial charge in [0, 0.05) is 61.8 Å². The van der Waals surface area contributed by atoms with Crippen molar-refractivity contribution in [1.29, 1.82) is 0 Å². The number of piperazine rings is 1. The van der Waals surface area contributed by atoms with E-state index in [1.165, 1.54) is 4.57 Å². The summed E-state index contributed by atoms with van der Waals surface area (Å²) in [5.41, 5.74) is 1.89. The van der Waals surface area contributed by atoms with Gasteiger partial charge in [0.15, 0.2) is 0 Å². The predicted octanol–water partition coefficient (Wildman–Crippen LogP) is 3.57. The van der Waals surface area contributed by atoms with Gasteiger partial charge in [-0.2, -0.15) is 0 Å². The van der Waals surface area contributed by atoms with E-state index in [1.807, 2.05) is 42.5 Å². The lowest BCUT2D eigenvalue weighted by Crippen LogP contribution is -2.48. The molecular formula is C25H27ClN6O2S. The summed E-state index contributed by atoms with van der Waals surface area (Å²) in [7, 11) is 0. The normalized spacial score (nSPS) is 17.9. The number of para-hydroxylation sites is 1. The number of hydrogen-bond acceptors (Lipinski definition) is 7. The smallest absolute Gasteiger partial charge is 0.257 e. The van der Waals surface area contributed by atoms with Gasteiger partial charge >= 0.3 is 0 Å². The largest absolute Gasteiger partial charge is 0.369 e. The molecule has 1 fully saturated rings. The molecule has 2 aliphatic heterocycles. The topological polar surface area (TPSA) is 82.5 Å². The number of rotatable bonds is 7.